The largest absolute Gasteiger partial charge is 0.310 e. The molecule has 2 rings (SSSR count). The van der Waals surface area contributed by atoms with Gasteiger partial charge in [-0.25, -0.2) is 8.78 Å². The highest BCUT2D eigenvalue weighted by atomic mass is 19.1. The second kappa shape index (κ2) is 3.96. The number of hydrogen-bond donors (Lipinski definition) is 0. The third kappa shape index (κ3) is 1.98. The molecule has 2 nitrogen and oxygen atoms in total. The molecular formula is C11H11F2NO. The lowest BCUT2D eigenvalue weighted by Crippen LogP contribution is -2.35. The van der Waals surface area contributed by atoms with Crippen LogP contribution in [-0.2, 0) is 4.79 Å². The topological polar surface area (TPSA) is 20.3 Å². The van der Waals surface area contributed by atoms with Crippen molar-refractivity contribution in [2.75, 3.05) is 11.4 Å². The Labute approximate surface area is 86.5 Å². The smallest absolute Gasteiger partial charge is 0.227 e. The summed E-state index contributed by atoms with van der Waals surface area (Å²) >= 11 is 0. The van der Waals surface area contributed by atoms with Gasteiger partial charge in [-0.2, -0.15) is 0 Å². The quantitative estimate of drug-likeness (QED) is 0.698. The van der Waals surface area contributed by atoms with Crippen molar-refractivity contribution in [2.24, 2.45) is 0 Å². The summed E-state index contributed by atoms with van der Waals surface area (Å²) in [5.74, 6) is -1.21. The molecule has 0 bridgehead atoms. The minimum atomic E-state index is -0.549. The number of carbonyl (C=O) groups is 1. The normalized spacial score (nSPS) is 16.9. The summed E-state index contributed by atoms with van der Waals surface area (Å²) in [7, 11) is 0. The van der Waals surface area contributed by atoms with Gasteiger partial charge in [0.05, 0.1) is 5.69 Å². The summed E-state index contributed by atoms with van der Waals surface area (Å²) < 4.78 is 26.3. The number of carbonyl (C=O) groups excluding carboxylic acids is 1. The summed E-state index contributed by atoms with van der Waals surface area (Å²) in [6, 6.07) is 3.17. The molecule has 1 aliphatic rings. The fourth-order valence-corrected chi connectivity index (χ4v) is 1.75. The van der Waals surface area contributed by atoms with Gasteiger partial charge in [-0.15, -0.1) is 0 Å². The Morgan fingerprint density at radius 2 is 2.00 bits per heavy atom. The molecule has 1 amide bonds. The third-order valence-electron chi connectivity index (χ3n) is 2.52. The molecule has 0 aliphatic carbocycles. The standard InChI is InChI=1S/C11H11F2NO/c12-8-4-5-9(13)10(7-8)14-6-2-1-3-11(14)15/h4-5,7H,1-3,6H2. The van der Waals surface area contributed by atoms with E-state index in [-0.39, 0.29) is 11.6 Å². The van der Waals surface area contributed by atoms with Crippen LogP contribution in [-0.4, -0.2) is 12.5 Å². The number of benzene rings is 1. The molecule has 0 saturated carbocycles. The van der Waals surface area contributed by atoms with Crippen LogP contribution in [0.15, 0.2) is 18.2 Å². The molecule has 1 fully saturated rings. The first-order chi connectivity index (χ1) is 7.18. The van der Waals surface area contributed by atoms with Gasteiger partial charge in [0.25, 0.3) is 0 Å². The Balaban J connectivity index is 2.34. The molecule has 1 heterocycles. The number of anilines is 1. The van der Waals surface area contributed by atoms with E-state index in [2.05, 4.69) is 0 Å². The molecule has 0 atom stereocenters. The van der Waals surface area contributed by atoms with Crippen LogP contribution in [0.5, 0.6) is 0 Å². The highest BCUT2D eigenvalue weighted by Crippen LogP contribution is 2.24. The molecule has 1 aromatic rings. The highest BCUT2D eigenvalue weighted by molar-refractivity contribution is 5.94. The van der Waals surface area contributed by atoms with E-state index in [1.807, 2.05) is 0 Å². The molecular weight excluding hydrogens is 200 g/mol. The van der Waals surface area contributed by atoms with Gasteiger partial charge in [0.2, 0.25) is 5.91 Å². The molecule has 0 N–H and O–H groups in total. The van der Waals surface area contributed by atoms with Gasteiger partial charge in [-0.1, -0.05) is 0 Å². The zero-order valence-electron chi connectivity index (χ0n) is 8.17. The summed E-state index contributed by atoms with van der Waals surface area (Å²) in [5.41, 5.74) is 0.0553. The average Bonchev–Trinajstić information content (AvgIpc) is 2.23. The number of amides is 1. The number of piperidine rings is 1. The molecule has 80 valence electrons. The van der Waals surface area contributed by atoms with Gasteiger partial charge in [-0.05, 0) is 25.0 Å². The second-order valence-electron chi connectivity index (χ2n) is 3.60. The molecule has 4 heteroatoms. The Morgan fingerprint density at radius 3 is 2.73 bits per heavy atom. The molecule has 1 aliphatic heterocycles. The van der Waals surface area contributed by atoms with Crippen LogP contribution >= 0.6 is 0 Å². The fraction of sp³-hybridized carbons (Fsp3) is 0.364. The predicted molar refractivity (Wildman–Crippen MR) is 52.6 cm³/mol. The van der Waals surface area contributed by atoms with E-state index in [4.69, 9.17) is 0 Å². The number of nitrogens with zero attached hydrogens (tertiary/aromatic N) is 1. The molecule has 1 saturated heterocycles. The lowest BCUT2D eigenvalue weighted by atomic mass is 10.1. The van der Waals surface area contributed by atoms with Crippen molar-refractivity contribution >= 4 is 11.6 Å². The van der Waals surface area contributed by atoms with Gasteiger partial charge in [0.15, 0.2) is 0 Å². The maximum atomic E-state index is 13.4. The Kier molecular flexibility index (Phi) is 2.66. The number of hydrogen-bond acceptors (Lipinski definition) is 1. The van der Waals surface area contributed by atoms with Crippen LogP contribution in [0, 0.1) is 11.6 Å². The zero-order chi connectivity index (χ0) is 10.8. The van der Waals surface area contributed by atoms with E-state index >= 15 is 0 Å². The van der Waals surface area contributed by atoms with Crippen molar-refractivity contribution in [1.29, 1.82) is 0 Å². The highest BCUT2D eigenvalue weighted by Gasteiger charge is 2.22. The molecule has 1 aromatic carbocycles. The van der Waals surface area contributed by atoms with Gasteiger partial charge < -0.3 is 4.90 Å². The first kappa shape index (κ1) is 10.1. The minimum absolute atomic E-state index is 0.0553. The monoisotopic (exact) mass is 211 g/mol. The van der Waals surface area contributed by atoms with E-state index in [1.165, 1.54) is 4.90 Å². The van der Waals surface area contributed by atoms with E-state index in [0.717, 1.165) is 31.0 Å². The van der Waals surface area contributed by atoms with Crippen LogP contribution in [0.1, 0.15) is 19.3 Å². The molecule has 0 radical (unpaired) electrons. The molecule has 0 spiro atoms. The Morgan fingerprint density at radius 1 is 1.20 bits per heavy atom. The maximum Gasteiger partial charge on any atom is 0.227 e. The van der Waals surface area contributed by atoms with Gasteiger partial charge >= 0.3 is 0 Å². The van der Waals surface area contributed by atoms with Crippen LogP contribution in [0.2, 0.25) is 0 Å². The average molecular weight is 211 g/mol. The van der Waals surface area contributed by atoms with E-state index in [0.29, 0.717) is 13.0 Å². The van der Waals surface area contributed by atoms with Crippen LogP contribution in [0.4, 0.5) is 14.5 Å². The summed E-state index contributed by atoms with van der Waals surface area (Å²) in [6.45, 7) is 0.471. The van der Waals surface area contributed by atoms with E-state index in [9.17, 15) is 13.6 Å². The second-order valence-corrected chi connectivity index (χ2v) is 3.60. The van der Waals surface area contributed by atoms with Crippen molar-refractivity contribution in [3.05, 3.63) is 29.8 Å². The van der Waals surface area contributed by atoms with Crippen LogP contribution in [0.3, 0.4) is 0 Å². The number of rotatable bonds is 1. The lowest BCUT2D eigenvalue weighted by Gasteiger charge is -2.27. The third-order valence-corrected chi connectivity index (χ3v) is 2.52. The van der Waals surface area contributed by atoms with Crippen LogP contribution in [0.25, 0.3) is 0 Å². The summed E-state index contributed by atoms with van der Waals surface area (Å²) in [4.78, 5) is 12.8. The fourth-order valence-electron chi connectivity index (χ4n) is 1.75. The van der Waals surface area contributed by atoms with Crippen molar-refractivity contribution in [2.45, 2.75) is 19.3 Å². The van der Waals surface area contributed by atoms with Gasteiger partial charge in [0.1, 0.15) is 11.6 Å². The van der Waals surface area contributed by atoms with Crippen LogP contribution < -0.4 is 4.90 Å². The SMILES string of the molecule is O=C1CCCCN1c1cc(F)ccc1F. The van der Waals surface area contributed by atoms with Crippen molar-refractivity contribution in [3.63, 3.8) is 0 Å². The summed E-state index contributed by atoms with van der Waals surface area (Å²) in [6.07, 6.45) is 2.07. The minimum Gasteiger partial charge on any atom is -0.310 e. The van der Waals surface area contributed by atoms with Gasteiger partial charge in [0, 0.05) is 19.0 Å². The van der Waals surface area contributed by atoms with Crippen molar-refractivity contribution < 1.29 is 13.6 Å². The first-order valence-corrected chi connectivity index (χ1v) is 4.94. The van der Waals surface area contributed by atoms with Crippen molar-refractivity contribution in [3.8, 4) is 0 Å². The lowest BCUT2D eigenvalue weighted by molar-refractivity contribution is -0.119. The predicted octanol–water partition coefficient (Wildman–Crippen LogP) is 2.48. The molecule has 0 aromatic heterocycles. The van der Waals surface area contributed by atoms with E-state index in [1.54, 1.807) is 0 Å². The summed E-state index contributed by atoms with van der Waals surface area (Å²) in [5, 5.41) is 0. The Bertz CT molecular complexity index is 392. The zero-order valence-corrected chi connectivity index (χ0v) is 8.17. The van der Waals surface area contributed by atoms with E-state index < -0.39 is 11.6 Å². The number of halogens is 2. The Hall–Kier alpha value is -1.45. The maximum absolute atomic E-state index is 13.4. The van der Waals surface area contributed by atoms with Gasteiger partial charge in [-0.3, -0.25) is 4.79 Å². The molecule has 15 heavy (non-hydrogen) atoms. The first-order valence-electron chi connectivity index (χ1n) is 4.94. The van der Waals surface area contributed by atoms with Crippen molar-refractivity contribution in [1.82, 2.24) is 0 Å². The molecule has 0 unspecified atom stereocenters.